The maximum atomic E-state index is 12.5. The van der Waals surface area contributed by atoms with Gasteiger partial charge in [0.1, 0.15) is 18.9 Å². The second-order valence-electron chi connectivity index (χ2n) is 7.55. The number of fused-ring (bicyclic) bond motifs is 2. The number of aromatic nitrogens is 2. The molecule has 0 unspecified atom stereocenters. The molecule has 0 radical (unpaired) electrons. The van der Waals surface area contributed by atoms with Crippen molar-refractivity contribution in [1.29, 1.82) is 0 Å². The molecule has 0 saturated carbocycles. The zero-order valence-electron chi connectivity index (χ0n) is 15.9. The summed E-state index contributed by atoms with van der Waals surface area (Å²) in [5.41, 5.74) is 3.76. The molecule has 2 aromatic heterocycles. The summed E-state index contributed by atoms with van der Waals surface area (Å²) in [6.45, 7) is 4.83. The first kappa shape index (κ1) is 17.3. The van der Waals surface area contributed by atoms with Crippen LogP contribution in [0.5, 0.6) is 11.5 Å². The van der Waals surface area contributed by atoms with Crippen molar-refractivity contribution in [2.45, 2.75) is 32.4 Å². The van der Waals surface area contributed by atoms with Crippen LogP contribution in [0, 0.1) is 6.92 Å². The lowest BCUT2D eigenvalue weighted by Crippen LogP contribution is -2.25. The third-order valence-electron chi connectivity index (χ3n) is 5.54. The van der Waals surface area contributed by atoms with Crippen LogP contribution in [0.25, 0.3) is 5.65 Å². The Morgan fingerprint density at radius 2 is 1.96 bits per heavy atom. The number of pyridine rings is 1. The molecule has 1 fully saturated rings. The molecule has 0 spiro atoms. The van der Waals surface area contributed by atoms with Crippen LogP contribution in [0.2, 0.25) is 0 Å². The van der Waals surface area contributed by atoms with Crippen LogP contribution >= 0.6 is 0 Å². The van der Waals surface area contributed by atoms with Crippen LogP contribution in [-0.4, -0.2) is 34.0 Å². The van der Waals surface area contributed by atoms with Gasteiger partial charge < -0.3 is 9.47 Å². The Morgan fingerprint density at radius 3 is 2.86 bits per heavy atom. The van der Waals surface area contributed by atoms with Crippen LogP contribution in [0.1, 0.15) is 35.7 Å². The van der Waals surface area contributed by atoms with Gasteiger partial charge in [-0.3, -0.25) is 14.1 Å². The van der Waals surface area contributed by atoms with Gasteiger partial charge in [-0.15, -0.1) is 0 Å². The van der Waals surface area contributed by atoms with E-state index in [1.165, 1.54) is 5.56 Å². The Balaban J connectivity index is 1.42. The molecule has 0 aliphatic carbocycles. The second-order valence-corrected chi connectivity index (χ2v) is 7.55. The SMILES string of the molecule is Cc1ccc2nc(CN3CCC[C@@H]3c3ccc4c(c3)OCCO4)cc(=O)n2c1. The summed E-state index contributed by atoms with van der Waals surface area (Å²) in [6, 6.07) is 12.1. The van der Waals surface area contributed by atoms with Crippen LogP contribution in [0.3, 0.4) is 0 Å². The lowest BCUT2D eigenvalue weighted by atomic mass is 10.0. The fourth-order valence-electron chi connectivity index (χ4n) is 4.21. The van der Waals surface area contributed by atoms with Crippen molar-refractivity contribution < 1.29 is 9.47 Å². The van der Waals surface area contributed by atoms with Crippen LogP contribution in [0.4, 0.5) is 0 Å². The molecule has 0 N–H and O–H groups in total. The molecule has 5 rings (SSSR count). The first-order chi connectivity index (χ1) is 13.7. The number of hydrogen-bond donors (Lipinski definition) is 0. The quantitative estimate of drug-likeness (QED) is 0.702. The highest BCUT2D eigenvalue weighted by Crippen LogP contribution is 2.38. The van der Waals surface area contributed by atoms with E-state index in [-0.39, 0.29) is 5.56 Å². The molecule has 2 aliphatic rings. The topological polar surface area (TPSA) is 56.1 Å². The first-order valence-corrected chi connectivity index (χ1v) is 9.80. The third-order valence-corrected chi connectivity index (χ3v) is 5.54. The van der Waals surface area contributed by atoms with Crippen molar-refractivity contribution in [1.82, 2.24) is 14.3 Å². The average Bonchev–Trinajstić information content (AvgIpc) is 3.16. The summed E-state index contributed by atoms with van der Waals surface area (Å²) in [4.78, 5) is 19.6. The number of likely N-dealkylation sites (tertiary alicyclic amines) is 1. The molecule has 3 aromatic rings. The predicted molar refractivity (Wildman–Crippen MR) is 106 cm³/mol. The van der Waals surface area contributed by atoms with Gasteiger partial charge in [-0.1, -0.05) is 12.1 Å². The van der Waals surface area contributed by atoms with E-state index < -0.39 is 0 Å². The van der Waals surface area contributed by atoms with Crippen LogP contribution in [-0.2, 0) is 6.54 Å². The normalized spacial score (nSPS) is 19.2. The molecule has 1 atom stereocenters. The number of hydrogen-bond acceptors (Lipinski definition) is 5. The highest BCUT2D eigenvalue weighted by Gasteiger charge is 2.28. The Morgan fingerprint density at radius 1 is 1.11 bits per heavy atom. The smallest absolute Gasteiger partial charge is 0.258 e. The molecular formula is C22H23N3O3. The largest absolute Gasteiger partial charge is 0.486 e. The van der Waals surface area contributed by atoms with Crippen molar-refractivity contribution in [3.8, 4) is 11.5 Å². The number of benzene rings is 1. The van der Waals surface area contributed by atoms with Gasteiger partial charge in [-0.25, -0.2) is 4.98 Å². The number of nitrogens with zero attached hydrogens (tertiary/aromatic N) is 3. The Hall–Kier alpha value is -2.86. The molecule has 1 aromatic carbocycles. The average molecular weight is 377 g/mol. The fraction of sp³-hybridized carbons (Fsp3) is 0.364. The van der Waals surface area contributed by atoms with E-state index in [1.54, 1.807) is 10.5 Å². The van der Waals surface area contributed by atoms with Gasteiger partial charge >= 0.3 is 0 Å². The zero-order chi connectivity index (χ0) is 19.1. The third kappa shape index (κ3) is 3.14. The van der Waals surface area contributed by atoms with E-state index in [2.05, 4.69) is 17.0 Å². The van der Waals surface area contributed by atoms with Gasteiger partial charge in [0.05, 0.1) is 5.69 Å². The van der Waals surface area contributed by atoms with Gasteiger partial charge in [-0.05, 0) is 55.6 Å². The van der Waals surface area contributed by atoms with Gasteiger partial charge in [0.2, 0.25) is 0 Å². The maximum Gasteiger partial charge on any atom is 0.258 e. The summed E-state index contributed by atoms with van der Waals surface area (Å²) >= 11 is 0. The van der Waals surface area contributed by atoms with Crippen LogP contribution in [0.15, 0.2) is 47.4 Å². The molecular weight excluding hydrogens is 354 g/mol. The minimum absolute atomic E-state index is 0.0289. The number of aryl methyl sites for hydroxylation is 1. The monoisotopic (exact) mass is 377 g/mol. The molecule has 28 heavy (non-hydrogen) atoms. The first-order valence-electron chi connectivity index (χ1n) is 9.80. The number of ether oxygens (including phenoxy) is 2. The van der Waals surface area contributed by atoms with Gasteiger partial charge in [0.25, 0.3) is 5.56 Å². The van der Waals surface area contributed by atoms with Crippen molar-refractivity contribution in [2.75, 3.05) is 19.8 Å². The molecule has 1 saturated heterocycles. The van der Waals surface area contributed by atoms with E-state index in [0.717, 1.165) is 42.1 Å². The summed E-state index contributed by atoms with van der Waals surface area (Å²) in [7, 11) is 0. The highest BCUT2D eigenvalue weighted by molar-refractivity contribution is 5.45. The molecule has 6 heteroatoms. The van der Waals surface area contributed by atoms with Crippen molar-refractivity contribution in [3.63, 3.8) is 0 Å². The molecule has 6 nitrogen and oxygen atoms in total. The van der Waals surface area contributed by atoms with E-state index in [9.17, 15) is 4.79 Å². The summed E-state index contributed by atoms with van der Waals surface area (Å²) < 4.78 is 13.0. The Bertz CT molecular complexity index is 1090. The van der Waals surface area contributed by atoms with E-state index in [1.807, 2.05) is 31.3 Å². The van der Waals surface area contributed by atoms with E-state index in [4.69, 9.17) is 14.5 Å². The van der Waals surface area contributed by atoms with Crippen molar-refractivity contribution in [3.05, 3.63) is 69.8 Å². The summed E-state index contributed by atoms with van der Waals surface area (Å²) in [5, 5.41) is 0. The minimum Gasteiger partial charge on any atom is -0.486 e. The summed E-state index contributed by atoms with van der Waals surface area (Å²) in [5.74, 6) is 1.65. The Labute approximate surface area is 163 Å². The highest BCUT2D eigenvalue weighted by atomic mass is 16.6. The lowest BCUT2D eigenvalue weighted by Gasteiger charge is -2.26. The van der Waals surface area contributed by atoms with Gasteiger partial charge in [0, 0.05) is 24.8 Å². The zero-order valence-corrected chi connectivity index (χ0v) is 15.9. The van der Waals surface area contributed by atoms with Crippen molar-refractivity contribution >= 4 is 5.65 Å². The van der Waals surface area contributed by atoms with Crippen LogP contribution < -0.4 is 15.0 Å². The molecule has 0 amide bonds. The Kier molecular flexibility index (Phi) is 4.28. The molecule has 4 heterocycles. The standard InChI is InChI=1S/C22H23N3O3/c1-15-4-7-21-23-17(12-22(26)25(21)13-15)14-24-8-2-3-18(24)16-5-6-19-20(11-16)28-10-9-27-19/h4-7,11-13,18H,2-3,8-10,14H2,1H3/t18-/m1/s1. The van der Waals surface area contributed by atoms with E-state index >= 15 is 0 Å². The molecule has 2 aliphatic heterocycles. The van der Waals surface area contributed by atoms with Gasteiger partial charge in [-0.2, -0.15) is 0 Å². The molecule has 0 bridgehead atoms. The second kappa shape index (κ2) is 6.95. The lowest BCUT2D eigenvalue weighted by molar-refractivity contribution is 0.170. The fourth-order valence-corrected chi connectivity index (χ4v) is 4.21. The maximum absolute atomic E-state index is 12.5. The van der Waals surface area contributed by atoms with E-state index in [0.29, 0.717) is 31.4 Å². The number of rotatable bonds is 3. The predicted octanol–water partition coefficient (Wildman–Crippen LogP) is 3.11. The minimum atomic E-state index is -0.0289. The molecule has 144 valence electrons. The van der Waals surface area contributed by atoms with Crippen molar-refractivity contribution in [2.24, 2.45) is 0 Å². The summed E-state index contributed by atoms with van der Waals surface area (Å²) in [6.07, 6.45) is 4.05. The van der Waals surface area contributed by atoms with Gasteiger partial charge in [0.15, 0.2) is 11.5 Å².